The molecule has 0 aliphatic rings. The van der Waals surface area contributed by atoms with E-state index in [9.17, 15) is 9.36 Å². The summed E-state index contributed by atoms with van der Waals surface area (Å²) in [6.07, 6.45) is 0.685. The van der Waals surface area contributed by atoms with Gasteiger partial charge >= 0.3 is 7.60 Å². The van der Waals surface area contributed by atoms with Crippen LogP contribution in [0.5, 0.6) is 0 Å². The Morgan fingerprint density at radius 3 is 2.36 bits per heavy atom. The van der Waals surface area contributed by atoms with Crippen LogP contribution < -0.4 is 5.73 Å². The molecule has 4 N–H and O–H groups in total. The van der Waals surface area contributed by atoms with E-state index >= 15 is 0 Å². The molecule has 1 amide bonds. The molecule has 0 unspecified atom stereocenters. The summed E-state index contributed by atoms with van der Waals surface area (Å²) in [5.41, 5.74) is 4.97. The van der Waals surface area contributed by atoms with E-state index < -0.39 is 19.7 Å². The van der Waals surface area contributed by atoms with Gasteiger partial charge in [-0.15, -0.1) is 0 Å². The lowest BCUT2D eigenvalue weighted by atomic mass is 10.3. The maximum absolute atomic E-state index is 10.3. The van der Waals surface area contributed by atoms with Crippen LogP contribution in [0, 0.1) is 0 Å². The van der Waals surface area contributed by atoms with Crippen molar-refractivity contribution in [2.75, 3.05) is 6.16 Å². The van der Waals surface area contributed by atoms with Crippen LogP contribution in [0.2, 0.25) is 0 Å². The number of amides is 1. The van der Waals surface area contributed by atoms with Crippen LogP contribution in [-0.2, 0) is 9.36 Å². The minimum absolute atomic E-state index is 0.160. The van der Waals surface area contributed by atoms with Gasteiger partial charge in [0.2, 0.25) is 5.91 Å². The van der Waals surface area contributed by atoms with E-state index in [0.717, 1.165) is 6.08 Å². The van der Waals surface area contributed by atoms with Gasteiger partial charge in [0.15, 0.2) is 0 Å². The first kappa shape index (κ1) is 10.4. The second-order valence-electron chi connectivity index (χ2n) is 2.10. The normalized spacial score (nSPS) is 13.2. The molecule has 0 rings (SSSR count). The summed E-state index contributed by atoms with van der Waals surface area (Å²) >= 11 is 0. The average molecular weight is 179 g/mol. The highest BCUT2D eigenvalue weighted by Gasteiger charge is 2.10. The first-order chi connectivity index (χ1) is 4.83. The largest absolute Gasteiger partial charge is 0.366 e. The molecule has 0 fully saturated rings. The Balaban J connectivity index is 4.15. The van der Waals surface area contributed by atoms with Crippen molar-refractivity contribution >= 4 is 13.5 Å². The molecule has 11 heavy (non-hydrogen) atoms. The second kappa shape index (κ2) is 3.67. The number of rotatable bonds is 3. The highest BCUT2D eigenvalue weighted by atomic mass is 31.2. The van der Waals surface area contributed by atoms with Gasteiger partial charge in [0, 0.05) is 5.57 Å². The molecule has 0 saturated heterocycles. The first-order valence-corrected chi connectivity index (χ1v) is 4.64. The predicted octanol–water partition coefficient (Wildman–Crippen LogP) is -0.404. The molecule has 0 aliphatic carbocycles. The lowest BCUT2D eigenvalue weighted by Crippen LogP contribution is -2.11. The Morgan fingerprint density at radius 2 is 2.09 bits per heavy atom. The van der Waals surface area contributed by atoms with Gasteiger partial charge < -0.3 is 15.5 Å². The molecule has 0 radical (unpaired) electrons. The summed E-state index contributed by atoms with van der Waals surface area (Å²) in [4.78, 5) is 27.0. The van der Waals surface area contributed by atoms with Crippen molar-refractivity contribution in [1.82, 2.24) is 0 Å². The van der Waals surface area contributed by atoms with Crippen LogP contribution in [0.4, 0.5) is 0 Å². The van der Waals surface area contributed by atoms with Crippen LogP contribution in [0.15, 0.2) is 11.6 Å². The lowest BCUT2D eigenvalue weighted by molar-refractivity contribution is -0.114. The van der Waals surface area contributed by atoms with Crippen LogP contribution >= 0.6 is 7.60 Å². The van der Waals surface area contributed by atoms with Crippen LogP contribution in [0.25, 0.3) is 0 Å². The number of nitrogens with two attached hydrogens (primary N) is 1. The van der Waals surface area contributed by atoms with E-state index in [4.69, 9.17) is 15.5 Å². The Bertz CT molecular complexity index is 229. The van der Waals surface area contributed by atoms with Crippen LogP contribution in [0.1, 0.15) is 6.92 Å². The lowest BCUT2D eigenvalue weighted by Gasteiger charge is -1.98. The monoisotopic (exact) mass is 179 g/mol. The minimum Gasteiger partial charge on any atom is -0.366 e. The highest BCUT2D eigenvalue weighted by Crippen LogP contribution is 2.34. The summed E-state index contributed by atoms with van der Waals surface area (Å²) in [6, 6.07) is 0. The summed E-state index contributed by atoms with van der Waals surface area (Å²) in [7, 11) is -4.04. The third-order valence-electron chi connectivity index (χ3n) is 1.02. The molecule has 0 aromatic rings. The van der Waals surface area contributed by atoms with E-state index in [2.05, 4.69) is 0 Å². The molecule has 0 saturated carbocycles. The molecule has 0 bridgehead atoms. The van der Waals surface area contributed by atoms with E-state index in [0.29, 0.717) is 0 Å². The molecule has 5 nitrogen and oxygen atoms in total. The Morgan fingerprint density at radius 1 is 1.64 bits per heavy atom. The van der Waals surface area contributed by atoms with Gasteiger partial charge in [-0.3, -0.25) is 9.36 Å². The Hall–Kier alpha value is -0.640. The number of hydrogen-bond acceptors (Lipinski definition) is 2. The smallest absolute Gasteiger partial charge is 0.329 e. The van der Waals surface area contributed by atoms with E-state index in [1.165, 1.54) is 6.92 Å². The standard InChI is InChI=1S/C5H10NO4P/c1-4(5(6)7)2-3-11(8,9)10/h2H,3H2,1H3,(H2,6,7)(H2,8,9,10)/b4-2+. The average Bonchev–Trinajstić information content (AvgIpc) is 1.80. The zero-order valence-corrected chi connectivity index (χ0v) is 6.91. The van der Waals surface area contributed by atoms with E-state index in [-0.39, 0.29) is 5.57 Å². The highest BCUT2D eigenvalue weighted by molar-refractivity contribution is 7.51. The zero-order chi connectivity index (χ0) is 9.07. The number of carbonyl (C=O) groups excluding carboxylic acids is 1. The summed E-state index contributed by atoms with van der Waals surface area (Å²) in [5, 5.41) is 0. The van der Waals surface area contributed by atoms with Crippen LogP contribution in [0.3, 0.4) is 0 Å². The third kappa shape index (κ3) is 5.79. The molecular formula is C5H10NO4P. The summed E-state index contributed by atoms with van der Waals surface area (Å²) in [5.74, 6) is -0.668. The minimum atomic E-state index is -4.04. The van der Waals surface area contributed by atoms with Crippen LogP contribution in [-0.4, -0.2) is 21.9 Å². The van der Waals surface area contributed by atoms with Crippen molar-refractivity contribution < 1.29 is 19.1 Å². The van der Waals surface area contributed by atoms with Gasteiger partial charge in [-0.05, 0) is 6.92 Å². The molecule has 6 heteroatoms. The van der Waals surface area contributed by atoms with E-state index in [1.54, 1.807) is 0 Å². The molecule has 0 aromatic heterocycles. The number of primary amides is 1. The maximum atomic E-state index is 10.3. The van der Waals surface area contributed by atoms with Crippen molar-refractivity contribution in [2.45, 2.75) is 6.92 Å². The predicted molar refractivity (Wildman–Crippen MR) is 39.9 cm³/mol. The van der Waals surface area contributed by atoms with Crippen molar-refractivity contribution in [3.05, 3.63) is 11.6 Å². The molecular weight excluding hydrogens is 169 g/mol. The first-order valence-electron chi connectivity index (χ1n) is 2.84. The van der Waals surface area contributed by atoms with Gasteiger partial charge in [0.1, 0.15) is 0 Å². The van der Waals surface area contributed by atoms with Gasteiger partial charge in [-0.1, -0.05) is 6.08 Å². The van der Waals surface area contributed by atoms with Crippen molar-refractivity contribution in [2.24, 2.45) is 5.73 Å². The number of allylic oxidation sites excluding steroid dienone is 1. The SMILES string of the molecule is C/C(=C\CP(=O)(O)O)C(N)=O. The van der Waals surface area contributed by atoms with Crippen molar-refractivity contribution in [3.63, 3.8) is 0 Å². The second-order valence-corrected chi connectivity index (χ2v) is 3.79. The Labute approximate surface area is 64.1 Å². The van der Waals surface area contributed by atoms with Gasteiger partial charge in [-0.2, -0.15) is 0 Å². The topological polar surface area (TPSA) is 101 Å². The fraction of sp³-hybridized carbons (Fsp3) is 0.400. The number of carbonyl (C=O) groups is 1. The third-order valence-corrected chi connectivity index (χ3v) is 1.68. The van der Waals surface area contributed by atoms with Gasteiger partial charge in [-0.25, -0.2) is 0 Å². The van der Waals surface area contributed by atoms with Gasteiger partial charge in [0.05, 0.1) is 6.16 Å². The fourth-order valence-electron chi connectivity index (χ4n) is 0.356. The fourth-order valence-corrected chi connectivity index (χ4v) is 0.868. The van der Waals surface area contributed by atoms with Crippen molar-refractivity contribution in [3.8, 4) is 0 Å². The van der Waals surface area contributed by atoms with E-state index in [1.807, 2.05) is 0 Å². The molecule has 64 valence electrons. The molecule has 0 spiro atoms. The zero-order valence-electron chi connectivity index (χ0n) is 6.02. The van der Waals surface area contributed by atoms with Gasteiger partial charge in [0.25, 0.3) is 0 Å². The quantitative estimate of drug-likeness (QED) is 0.405. The number of hydrogen-bond donors (Lipinski definition) is 3. The molecule has 0 aliphatic heterocycles. The Kier molecular flexibility index (Phi) is 3.45. The maximum Gasteiger partial charge on any atom is 0.329 e. The molecule has 0 atom stereocenters. The van der Waals surface area contributed by atoms with Crippen molar-refractivity contribution in [1.29, 1.82) is 0 Å². The summed E-state index contributed by atoms with van der Waals surface area (Å²) < 4.78 is 10.3. The molecule has 0 aromatic carbocycles. The summed E-state index contributed by atoms with van der Waals surface area (Å²) in [6.45, 7) is 1.40. The molecule has 0 heterocycles.